The molecular formula is C23H41NO9. The minimum absolute atomic E-state index is 0.251. The lowest BCUT2D eigenvalue weighted by molar-refractivity contribution is -0.137. The van der Waals surface area contributed by atoms with Crippen LogP contribution in [0.3, 0.4) is 0 Å². The SMILES string of the molecule is CCCCCOCCOCCOCCOCCOCCOCCOCCN1C(=O)C=CC1=O. The van der Waals surface area contributed by atoms with E-state index >= 15 is 0 Å². The lowest BCUT2D eigenvalue weighted by Gasteiger charge is -2.13. The zero-order valence-electron chi connectivity index (χ0n) is 20.0. The van der Waals surface area contributed by atoms with E-state index in [4.69, 9.17) is 33.2 Å². The first-order valence-electron chi connectivity index (χ1n) is 11.8. The number of carbonyl (C=O) groups is 2. The second-order valence-electron chi connectivity index (χ2n) is 7.16. The van der Waals surface area contributed by atoms with Crippen LogP contribution in [0.1, 0.15) is 26.2 Å². The van der Waals surface area contributed by atoms with E-state index in [1.807, 2.05) is 0 Å². The Morgan fingerprint density at radius 1 is 0.515 bits per heavy atom. The van der Waals surface area contributed by atoms with Crippen molar-refractivity contribution >= 4 is 11.8 Å². The fraction of sp³-hybridized carbons (Fsp3) is 0.826. The molecule has 0 spiro atoms. The fourth-order valence-corrected chi connectivity index (χ4v) is 2.68. The third kappa shape index (κ3) is 17.7. The highest BCUT2D eigenvalue weighted by molar-refractivity contribution is 6.12. The van der Waals surface area contributed by atoms with Gasteiger partial charge in [-0.25, -0.2) is 0 Å². The van der Waals surface area contributed by atoms with Crippen LogP contribution in [0.25, 0.3) is 0 Å². The third-order valence-electron chi connectivity index (χ3n) is 4.48. The molecule has 33 heavy (non-hydrogen) atoms. The minimum Gasteiger partial charge on any atom is -0.379 e. The maximum atomic E-state index is 11.3. The van der Waals surface area contributed by atoms with Crippen LogP contribution in [0.5, 0.6) is 0 Å². The summed E-state index contributed by atoms with van der Waals surface area (Å²) < 4.78 is 37.9. The van der Waals surface area contributed by atoms with Gasteiger partial charge in [-0.15, -0.1) is 0 Å². The van der Waals surface area contributed by atoms with E-state index in [9.17, 15) is 9.59 Å². The van der Waals surface area contributed by atoms with Crippen LogP contribution < -0.4 is 0 Å². The van der Waals surface area contributed by atoms with Crippen LogP contribution in [-0.2, 0) is 42.7 Å². The number of hydrogen-bond acceptors (Lipinski definition) is 9. The van der Waals surface area contributed by atoms with Crippen LogP contribution in [0.15, 0.2) is 12.2 Å². The predicted molar refractivity (Wildman–Crippen MR) is 121 cm³/mol. The molecule has 0 saturated carbocycles. The van der Waals surface area contributed by atoms with Gasteiger partial charge in [0.15, 0.2) is 0 Å². The number of hydrogen-bond donors (Lipinski definition) is 0. The Labute approximate surface area is 197 Å². The van der Waals surface area contributed by atoms with Crippen molar-refractivity contribution in [3.63, 3.8) is 0 Å². The van der Waals surface area contributed by atoms with Crippen LogP contribution in [0, 0.1) is 0 Å². The van der Waals surface area contributed by atoms with Crippen LogP contribution in [0.2, 0.25) is 0 Å². The maximum absolute atomic E-state index is 11.3. The van der Waals surface area contributed by atoms with E-state index in [1.165, 1.54) is 25.0 Å². The number of amides is 2. The van der Waals surface area contributed by atoms with Crippen molar-refractivity contribution in [2.24, 2.45) is 0 Å². The van der Waals surface area contributed by atoms with Crippen molar-refractivity contribution in [1.82, 2.24) is 4.90 Å². The Bertz CT molecular complexity index is 498. The molecule has 192 valence electrons. The highest BCUT2D eigenvalue weighted by Crippen LogP contribution is 2.02. The summed E-state index contributed by atoms with van der Waals surface area (Å²) in [7, 11) is 0. The summed E-state index contributed by atoms with van der Waals surface area (Å²) in [5.41, 5.74) is 0. The Morgan fingerprint density at radius 2 is 0.848 bits per heavy atom. The standard InChI is InChI=1S/C23H41NO9/c1-2-3-4-8-27-10-12-29-14-16-31-18-20-33-21-19-32-17-15-30-13-11-28-9-7-24-22(25)5-6-23(24)26/h5-6H,2-4,7-21H2,1H3. The van der Waals surface area contributed by atoms with Gasteiger partial charge in [-0.1, -0.05) is 19.8 Å². The molecule has 0 aromatic rings. The molecule has 10 nitrogen and oxygen atoms in total. The van der Waals surface area contributed by atoms with Crippen molar-refractivity contribution < 1.29 is 42.7 Å². The van der Waals surface area contributed by atoms with E-state index in [-0.39, 0.29) is 18.4 Å². The second kappa shape index (κ2) is 22.4. The Kier molecular flexibility index (Phi) is 20.1. The van der Waals surface area contributed by atoms with Crippen molar-refractivity contribution in [3.8, 4) is 0 Å². The van der Waals surface area contributed by atoms with Crippen molar-refractivity contribution in [2.75, 3.05) is 99.0 Å². The Hall–Kier alpha value is -1.40. The van der Waals surface area contributed by atoms with Crippen LogP contribution >= 0.6 is 0 Å². The molecule has 1 heterocycles. The van der Waals surface area contributed by atoms with Crippen molar-refractivity contribution in [2.45, 2.75) is 26.2 Å². The molecule has 0 N–H and O–H groups in total. The molecule has 0 unspecified atom stereocenters. The van der Waals surface area contributed by atoms with Gasteiger partial charge in [0, 0.05) is 18.8 Å². The van der Waals surface area contributed by atoms with Gasteiger partial charge in [-0.2, -0.15) is 0 Å². The molecule has 0 aromatic heterocycles. The molecule has 0 atom stereocenters. The van der Waals surface area contributed by atoms with Crippen molar-refractivity contribution in [3.05, 3.63) is 12.2 Å². The zero-order valence-corrected chi connectivity index (χ0v) is 20.0. The lowest BCUT2D eigenvalue weighted by atomic mass is 10.3. The predicted octanol–water partition coefficient (Wildman–Crippen LogP) is 1.22. The topological polar surface area (TPSA) is 102 Å². The number of unbranched alkanes of at least 4 members (excludes halogenated alkanes) is 2. The summed E-state index contributed by atoms with van der Waals surface area (Å²) in [4.78, 5) is 23.8. The van der Waals surface area contributed by atoms with Gasteiger partial charge < -0.3 is 33.2 Å². The van der Waals surface area contributed by atoms with Gasteiger partial charge in [0.2, 0.25) is 0 Å². The molecule has 0 radical (unpaired) electrons. The summed E-state index contributed by atoms with van der Waals surface area (Å²) in [6, 6.07) is 0. The van der Waals surface area contributed by atoms with E-state index in [1.54, 1.807) is 0 Å². The second-order valence-corrected chi connectivity index (χ2v) is 7.16. The lowest BCUT2D eigenvalue weighted by Crippen LogP contribution is -2.33. The first-order chi connectivity index (χ1) is 16.3. The molecular weight excluding hydrogens is 434 g/mol. The first kappa shape index (κ1) is 29.6. The number of nitrogens with zero attached hydrogens (tertiary/aromatic N) is 1. The number of imide groups is 1. The molecule has 0 saturated heterocycles. The largest absolute Gasteiger partial charge is 0.379 e. The monoisotopic (exact) mass is 475 g/mol. The fourth-order valence-electron chi connectivity index (χ4n) is 2.68. The smallest absolute Gasteiger partial charge is 0.253 e. The Morgan fingerprint density at radius 3 is 1.21 bits per heavy atom. The minimum atomic E-state index is -0.298. The normalized spacial score (nSPS) is 13.5. The molecule has 0 aromatic carbocycles. The van der Waals surface area contributed by atoms with Gasteiger partial charge in [0.25, 0.3) is 11.8 Å². The maximum Gasteiger partial charge on any atom is 0.253 e. The van der Waals surface area contributed by atoms with Crippen LogP contribution in [0.4, 0.5) is 0 Å². The first-order valence-corrected chi connectivity index (χ1v) is 11.8. The summed E-state index contributed by atoms with van der Waals surface area (Å²) in [6.07, 6.45) is 6.05. The zero-order chi connectivity index (χ0) is 23.8. The molecule has 1 aliphatic rings. The third-order valence-corrected chi connectivity index (χ3v) is 4.48. The Balaban J connectivity index is 1.66. The molecule has 1 aliphatic heterocycles. The molecule has 1 rings (SSSR count). The number of ether oxygens (including phenoxy) is 7. The summed E-state index contributed by atoms with van der Waals surface area (Å²) in [5, 5.41) is 0. The van der Waals surface area contributed by atoms with E-state index in [0.29, 0.717) is 85.9 Å². The van der Waals surface area contributed by atoms with Crippen LogP contribution in [-0.4, -0.2) is 116 Å². The van der Waals surface area contributed by atoms with Gasteiger partial charge in [0.1, 0.15) is 0 Å². The van der Waals surface area contributed by atoms with Gasteiger partial charge in [-0.3, -0.25) is 14.5 Å². The number of rotatable bonds is 25. The highest BCUT2D eigenvalue weighted by atomic mass is 16.6. The highest BCUT2D eigenvalue weighted by Gasteiger charge is 2.22. The van der Waals surface area contributed by atoms with Gasteiger partial charge in [0.05, 0.1) is 92.4 Å². The summed E-state index contributed by atoms with van der Waals surface area (Å²) >= 11 is 0. The molecule has 0 fully saturated rings. The quantitative estimate of drug-likeness (QED) is 0.142. The summed E-state index contributed by atoms with van der Waals surface area (Å²) in [5.74, 6) is -0.596. The number of carbonyl (C=O) groups excluding carboxylic acids is 2. The average molecular weight is 476 g/mol. The van der Waals surface area contributed by atoms with E-state index in [2.05, 4.69) is 6.92 Å². The average Bonchev–Trinajstić information content (AvgIpc) is 3.14. The van der Waals surface area contributed by atoms with Crippen molar-refractivity contribution in [1.29, 1.82) is 0 Å². The molecule has 0 bridgehead atoms. The molecule has 2 amide bonds. The molecule has 10 heteroatoms. The van der Waals surface area contributed by atoms with Gasteiger partial charge in [-0.05, 0) is 6.42 Å². The van der Waals surface area contributed by atoms with E-state index in [0.717, 1.165) is 17.9 Å². The van der Waals surface area contributed by atoms with E-state index < -0.39 is 0 Å². The molecule has 0 aliphatic carbocycles. The van der Waals surface area contributed by atoms with Gasteiger partial charge >= 0.3 is 0 Å². The summed E-state index contributed by atoms with van der Waals surface area (Å²) in [6.45, 7) is 9.65.